The molecule has 29 heavy (non-hydrogen) atoms. The number of ether oxygens (including phenoxy) is 2. The molecule has 0 aromatic heterocycles. The lowest BCUT2D eigenvalue weighted by Gasteiger charge is -2.12. The predicted octanol–water partition coefficient (Wildman–Crippen LogP) is 3.12. The Labute approximate surface area is 175 Å². The third kappa shape index (κ3) is 6.17. The van der Waals surface area contributed by atoms with Crippen LogP contribution in [0.3, 0.4) is 0 Å². The lowest BCUT2D eigenvalue weighted by Crippen LogP contribution is -2.31. The molecule has 1 amide bonds. The maximum Gasteiger partial charge on any atom is 0.262 e. The van der Waals surface area contributed by atoms with Crippen molar-refractivity contribution < 1.29 is 22.7 Å². The van der Waals surface area contributed by atoms with Gasteiger partial charge in [0.2, 0.25) is 10.0 Å². The summed E-state index contributed by atoms with van der Waals surface area (Å²) in [5.41, 5.74) is 1.31. The zero-order valence-electron chi connectivity index (χ0n) is 16.0. The molecule has 1 fully saturated rings. The Morgan fingerprint density at radius 2 is 2.00 bits per heavy atom. The number of hydrogen-bond acceptors (Lipinski definition) is 5. The molecule has 156 valence electrons. The van der Waals surface area contributed by atoms with Gasteiger partial charge in [-0.3, -0.25) is 4.79 Å². The van der Waals surface area contributed by atoms with Crippen molar-refractivity contribution in [2.24, 2.45) is 0 Å². The van der Waals surface area contributed by atoms with Crippen LogP contribution in [-0.4, -0.2) is 40.2 Å². The maximum atomic E-state index is 12.4. The van der Waals surface area contributed by atoms with Gasteiger partial charge >= 0.3 is 0 Å². The molecule has 0 radical (unpaired) electrons. The molecule has 1 saturated heterocycles. The summed E-state index contributed by atoms with van der Waals surface area (Å²) in [6.45, 7) is 2.58. The Morgan fingerprint density at radius 1 is 1.24 bits per heavy atom. The lowest BCUT2D eigenvalue weighted by molar-refractivity contribution is -0.118. The first-order chi connectivity index (χ1) is 13.8. The van der Waals surface area contributed by atoms with Gasteiger partial charge in [0.05, 0.1) is 11.0 Å². The molecular formula is C20H23ClN2O5S. The van der Waals surface area contributed by atoms with E-state index in [1.54, 1.807) is 18.2 Å². The Hall–Kier alpha value is -2.13. The second-order valence-corrected chi connectivity index (χ2v) is 8.96. The fraction of sp³-hybridized carbons (Fsp3) is 0.350. The molecular weight excluding hydrogens is 416 g/mol. The van der Waals surface area contributed by atoms with Crippen LogP contribution >= 0.6 is 11.6 Å². The van der Waals surface area contributed by atoms with Gasteiger partial charge in [-0.05, 0) is 67.8 Å². The summed E-state index contributed by atoms with van der Waals surface area (Å²) in [5, 5.41) is 3.27. The first-order valence-corrected chi connectivity index (χ1v) is 11.1. The van der Waals surface area contributed by atoms with E-state index in [4.69, 9.17) is 21.1 Å². The summed E-state index contributed by atoms with van der Waals surface area (Å²) in [6.07, 6.45) is 1.72. The molecule has 0 aliphatic carbocycles. The minimum absolute atomic E-state index is 0.0763. The van der Waals surface area contributed by atoms with Crippen molar-refractivity contribution in [1.29, 1.82) is 0 Å². The first-order valence-electron chi connectivity index (χ1n) is 9.23. The molecule has 2 aromatic carbocycles. The standard InChI is InChI=1S/C20H23ClN2O5S/c1-14-11-15(21)4-9-19(14)28-13-20(24)23-16-5-7-18(8-6-16)29(25,26)22-12-17-3-2-10-27-17/h4-9,11,17,22H,2-3,10,12-13H2,1H3,(H,23,24). The number of nitrogens with one attached hydrogen (secondary N) is 2. The van der Waals surface area contributed by atoms with Crippen LogP contribution in [0, 0.1) is 6.92 Å². The van der Waals surface area contributed by atoms with Crippen LogP contribution in [0.1, 0.15) is 18.4 Å². The topological polar surface area (TPSA) is 93.7 Å². The zero-order valence-corrected chi connectivity index (χ0v) is 17.6. The Balaban J connectivity index is 1.51. The highest BCUT2D eigenvalue weighted by atomic mass is 35.5. The number of amides is 1. The Kier molecular flexibility index (Phi) is 7.13. The second-order valence-electron chi connectivity index (χ2n) is 6.76. The fourth-order valence-corrected chi connectivity index (χ4v) is 4.22. The van der Waals surface area contributed by atoms with E-state index < -0.39 is 10.0 Å². The molecule has 7 nitrogen and oxygen atoms in total. The van der Waals surface area contributed by atoms with E-state index in [1.807, 2.05) is 6.92 Å². The molecule has 0 saturated carbocycles. The Bertz CT molecular complexity index is 957. The van der Waals surface area contributed by atoms with Crippen LogP contribution in [0.25, 0.3) is 0 Å². The molecule has 1 aliphatic rings. The van der Waals surface area contributed by atoms with Crippen LogP contribution in [0.2, 0.25) is 5.02 Å². The molecule has 1 atom stereocenters. The number of halogens is 1. The molecule has 3 rings (SSSR count). The highest BCUT2D eigenvalue weighted by Crippen LogP contribution is 2.22. The summed E-state index contributed by atoms with van der Waals surface area (Å²) in [7, 11) is -3.63. The number of rotatable bonds is 8. The van der Waals surface area contributed by atoms with Crippen LogP contribution in [-0.2, 0) is 19.6 Å². The molecule has 1 heterocycles. The first kappa shape index (κ1) is 21.6. The average molecular weight is 439 g/mol. The van der Waals surface area contributed by atoms with Crippen molar-refractivity contribution in [3.8, 4) is 5.75 Å². The largest absolute Gasteiger partial charge is 0.483 e. The molecule has 1 unspecified atom stereocenters. The van der Waals surface area contributed by atoms with Crippen molar-refractivity contribution in [1.82, 2.24) is 4.72 Å². The van der Waals surface area contributed by atoms with E-state index in [-0.39, 0.29) is 30.1 Å². The quantitative estimate of drug-likeness (QED) is 0.660. The van der Waals surface area contributed by atoms with Crippen molar-refractivity contribution in [2.75, 3.05) is 25.1 Å². The second kappa shape index (κ2) is 9.58. The molecule has 9 heteroatoms. The van der Waals surface area contributed by atoms with E-state index in [0.29, 0.717) is 23.1 Å². The monoisotopic (exact) mass is 438 g/mol. The van der Waals surface area contributed by atoms with E-state index >= 15 is 0 Å². The maximum absolute atomic E-state index is 12.4. The third-order valence-corrected chi connectivity index (χ3v) is 6.14. The fourth-order valence-electron chi connectivity index (χ4n) is 2.92. The van der Waals surface area contributed by atoms with Gasteiger partial charge in [-0.1, -0.05) is 11.6 Å². The minimum Gasteiger partial charge on any atom is -0.483 e. The summed E-state index contributed by atoms with van der Waals surface area (Å²) in [4.78, 5) is 12.2. The molecule has 0 spiro atoms. The highest BCUT2D eigenvalue weighted by molar-refractivity contribution is 7.89. The van der Waals surface area contributed by atoms with Gasteiger partial charge in [0, 0.05) is 23.9 Å². The van der Waals surface area contributed by atoms with Gasteiger partial charge in [0.15, 0.2) is 6.61 Å². The van der Waals surface area contributed by atoms with E-state index in [9.17, 15) is 13.2 Å². The third-order valence-electron chi connectivity index (χ3n) is 4.47. The van der Waals surface area contributed by atoms with Crippen LogP contribution in [0.5, 0.6) is 5.75 Å². The summed E-state index contributed by atoms with van der Waals surface area (Å²) < 4.78 is 38.2. The van der Waals surface area contributed by atoms with Crippen LogP contribution < -0.4 is 14.8 Å². The van der Waals surface area contributed by atoms with E-state index in [0.717, 1.165) is 18.4 Å². The molecule has 2 aromatic rings. The van der Waals surface area contributed by atoms with Gasteiger partial charge < -0.3 is 14.8 Å². The van der Waals surface area contributed by atoms with Gasteiger partial charge in [-0.25, -0.2) is 13.1 Å². The van der Waals surface area contributed by atoms with Gasteiger partial charge in [0.1, 0.15) is 5.75 Å². The van der Waals surface area contributed by atoms with Crippen molar-refractivity contribution >= 4 is 33.2 Å². The number of sulfonamides is 1. The number of hydrogen-bond donors (Lipinski definition) is 2. The van der Waals surface area contributed by atoms with Crippen molar-refractivity contribution in [2.45, 2.75) is 30.8 Å². The lowest BCUT2D eigenvalue weighted by atomic mass is 10.2. The summed E-state index contributed by atoms with van der Waals surface area (Å²) in [6, 6.07) is 11.1. The summed E-state index contributed by atoms with van der Waals surface area (Å²) in [5.74, 6) is 0.217. The number of benzene rings is 2. The van der Waals surface area contributed by atoms with E-state index in [2.05, 4.69) is 10.0 Å². The predicted molar refractivity (Wildman–Crippen MR) is 111 cm³/mol. The number of aryl methyl sites for hydroxylation is 1. The number of carbonyl (C=O) groups excluding carboxylic acids is 1. The average Bonchev–Trinajstić information content (AvgIpc) is 3.20. The molecule has 0 bridgehead atoms. The normalized spacial score (nSPS) is 16.6. The number of anilines is 1. The SMILES string of the molecule is Cc1cc(Cl)ccc1OCC(=O)Nc1ccc(S(=O)(=O)NCC2CCCO2)cc1. The van der Waals surface area contributed by atoms with Gasteiger partial charge in [-0.15, -0.1) is 0 Å². The minimum atomic E-state index is -3.63. The number of carbonyl (C=O) groups is 1. The zero-order chi connectivity index (χ0) is 20.9. The van der Waals surface area contributed by atoms with Gasteiger partial charge in [0.25, 0.3) is 5.91 Å². The highest BCUT2D eigenvalue weighted by Gasteiger charge is 2.20. The molecule has 1 aliphatic heterocycles. The van der Waals surface area contributed by atoms with E-state index in [1.165, 1.54) is 24.3 Å². The van der Waals surface area contributed by atoms with Crippen molar-refractivity contribution in [3.05, 3.63) is 53.1 Å². The Morgan fingerprint density at radius 3 is 2.66 bits per heavy atom. The molecule has 2 N–H and O–H groups in total. The van der Waals surface area contributed by atoms with Crippen molar-refractivity contribution in [3.63, 3.8) is 0 Å². The van der Waals surface area contributed by atoms with Gasteiger partial charge in [-0.2, -0.15) is 0 Å². The van der Waals surface area contributed by atoms with Crippen LogP contribution in [0.4, 0.5) is 5.69 Å². The van der Waals surface area contributed by atoms with Crippen LogP contribution in [0.15, 0.2) is 47.4 Å². The summed E-state index contributed by atoms with van der Waals surface area (Å²) >= 11 is 5.90. The smallest absolute Gasteiger partial charge is 0.262 e.